The maximum Gasteiger partial charge on any atom is 0.217 e. The van der Waals surface area contributed by atoms with Crippen LogP contribution in [0.25, 0.3) is 0 Å². The van der Waals surface area contributed by atoms with Crippen LogP contribution in [0.1, 0.15) is 42.3 Å². The molecule has 2 aliphatic rings. The van der Waals surface area contributed by atoms with E-state index in [9.17, 15) is 0 Å². The van der Waals surface area contributed by atoms with Gasteiger partial charge >= 0.3 is 0 Å². The van der Waals surface area contributed by atoms with E-state index in [2.05, 4.69) is 11.1 Å². The SMILES string of the molecule is CCOc1cccc2c1O[C@H](c1cccc(OC)c1OC)N1N=C(c3cccnc3)C[C@@H]21. The zero-order valence-electron chi connectivity index (χ0n) is 18.3. The van der Waals surface area contributed by atoms with Gasteiger partial charge in [-0.2, -0.15) is 5.10 Å². The van der Waals surface area contributed by atoms with E-state index in [1.165, 1.54) is 0 Å². The third kappa shape index (κ3) is 3.30. The highest BCUT2D eigenvalue weighted by Crippen LogP contribution is 2.52. The van der Waals surface area contributed by atoms with Crippen LogP contribution in [0.15, 0.2) is 66.0 Å². The van der Waals surface area contributed by atoms with Crippen LogP contribution in [0.5, 0.6) is 23.0 Å². The number of pyridine rings is 1. The van der Waals surface area contributed by atoms with E-state index in [4.69, 9.17) is 24.0 Å². The van der Waals surface area contributed by atoms with Gasteiger partial charge < -0.3 is 18.9 Å². The standard InChI is InChI=1S/C25H25N3O4/c1-4-31-22-12-5-9-17-20-14-19(16-8-7-13-26-15-16)27-28(20)25(32-24(17)22)18-10-6-11-21(29-2)23(18)30-3/h5-13,15,20,25H,4,14H2,1-3H3/t20-,25+/m0/s1. The largest absolute Gasteiger partial charge is 0.493 e. The van der Waals surface area contributed by atoms with E-state index in [1.807, 2.05) is 60.6 Å². The molecule has 0 amide bonds. The number of benzene rings is 2. The van der Waals surface area contributed by atoms with E-state index in [-0.39, 0.29) is 6.04 Å². The van der Waals surface area contributed by atoms with E-state index in [0.29, 0.717) is 18.1 Å². The Labute approximate surface area is 187 Å². The van der Waals surface area contributed by atoms with E-state index < -0.39 is 6.23 Å². The van der Waals surface area contributed by atoms with Gasteiger partial charge in [0.1, 0.15) is 0 Å². The fraction of sp³-hybridized carbons (Fsp3) is 0.280. The second-order valence-corrected chi connectivity index (χ2v) is 7.55. The second kappa shape index (κ2) is 8.42. The number of hydrogen-bond donors (Lipinski definition) is 0. The fourth-order valence-corrected chi connectivity index (χ4v) is 4.37. The van der Waals surface area contributed by atoms with Gasteiger partial charge in [-0.25, -0.2) is 5.01 Å². The Bertz CT molecular complexity index is 1150. The van der Waals surface area contributed by atoms with E-state index >= 15 is 0 Å². The van der Waals surface area contributed by atoms with Crippen molar-refractivity contribution in [2.45, 2.75) is 25.6 Å². The summed E-state index contributed by atoms with van der Waals surface area (Å²) < 4.78 is 23.7. The topological polar surface area (TPSA) is 65.4 Å². The van der Waals surface area contributed by atoms with Crippen LogP contribution in [0.3, 0.4) is 0 Å². The monoisotopic (exact) mass is 431 g/mol. The first-order valence-corrected chi connectivity index (χ1v) is 10.6. The Balaban J connectivity index is 1.66. The molecule has 7 nitrogen and oxygen atoms in total. The van der Waals surface area contributed by atoms with Gasteiger partial charge in [-0.1, -0.05) is 24.3 Å². The summed E-state index contributed by atoms with van der Waals surface area (Å²) in [6, 6.07) is 15.8. The van der Waals surface area contributed by atoms with Crippen molar-refractivity contribution in [2.75, 3.05) is 20.8 Å². The van der Waals surface area contributed by atoms with Crippen molar-refractivity contribution < 1.29 is 18.9 Å². The molecule has 3 aromatic rings. The molecule has 0 saturated heterocycles. The summed E-state index contributed by atoms with van der Waals surface area (Å²) in [6.45, 7) is 2.52. The lowest BCUT2D eigenvalue weighted by Gasteiger charge is -2.39. The third-order valence-corrected chi connectivity index (χ3v) is 5.77. The molecule has 2 aromatic carbocycles. The normalized spacial score (nSPS) is 18.8. The van der Waals surface area contributed by atoms with Gasteiger partial charge in [-0.05, 0) is 31.2 Å². The average Bonchev–Trinajstić information content (AvgIpc) is 3.30. The summed E-state index contributed by atoms with van der Waals surface area (Å²) in [7, 11) is 3.26. The van der Waals surface area contributed by atoms with Gasteiger partial charge in [-0.3, -0.25) is 4.98 Å². The Morgan fingerprint density at radius 1 is 1.00 bits per heavy atom. The van der Waals surface area contributed by atoms with Gasteiger partial charge in [0.2, 0.25) is 6.23 Å². The summed E-state index contributed by atoms with van der Waals surface area (Å²) in [5.74, 6) is 2.74. The lowest BCUT2D eigenvalue weighted by Crippen LogP contribution is -2.34. The van der Waals surface area contributed by atoms with Crippen LogP contribution in [-0.2, 0) is 0 Å². The van der Waals surface area contributed by atoms with Crippen LogP contribution in [-0.4, -0.2) is 36.5 Å². The number of fused-ring (bicyclic) bond motifs is 3. The molecular weight excluding hydrogens is 406 g/mol. The smallest absolute Gasteiger partial charge is 0.217 e. The predicted octanol–water partition coefficient (Wildman–Crippen LogP) is 4.74. The highest BCUT2D eigenvalue weighted by atomic mass is 16.5. The number of hydrogen-bond acceptors (Lipinski definition) is 7. The molecule has 0 bridgehead atoms. The molecule has 0 fully saturated rings. The molecule has 7 heteroatoms. The molecule has 0 N–H and O–H groups in total. The molecule has 32 heavy (non-hydrogen) atoms. The first-order valence-electron chi connectivity index (χ1n) is 10.6. The van der Waals surface area contributed by atoms with Crippen LogP contribution in [0, 0.1) is 0 Å². The zero-order valence-corrected chi connectivity index (χ0v) is 18.3. The lowest BCUT2D eigenvalue weighted by atomic mass is 9.96. The van der Waals surface area contributed by atoms with Gasteiger partial charge in [0.15, 0.2) is 23.0 Å². The number of methoxy groups -OCH3 is 2. The first-order chi connectivity index (χ1) is 15.7. The summed E-state index contributed by atoms with van der Waals surface area (Å²) in [5, 5.41) is 7.00. The first kappa shape index (κ1) is 20.2. The van der Waals surface area contributed by atoms with Crippen LogP contribution < -0.4 is 18.9 Å². The Hall–Kier alpha value is -3.74. The second-order valence-electron chi connectivity index (χ2n) is 7.55. The molecule has 5 rings (SSSR count). The van der Waals surface area contributed by atoms with Crippen molar-refractivity contribution in [1.29, 1.82) is 0 Å². The average molecular weight is 431 g/mol. The molecule has 3 heterocycles. The van der Waals surface area contributed by atoms with Crippen molar-refractivity contribution in [3.05, 3.63) is 77.6 Å². The number of ether oxygens (including phenoxy) is 4. The quantitative estimate of drug-likeness (QED) is 0.562. The minimum Gasteiger partial charge on any atom is -0.493 e. The van der Waals surface area contributed by atoms with E-state index in [0.717, 1.165) is 40.3 Å². The molecule has 0 radical (unpaired) electrons. The Kier molecular flexibility index (Phi) is 5.31. The Morgan fingerprint density at radius 3 is 2.53 bits per heavy atom. The molecule has 1 aromatic heterocycles. The van der Waals surface area contributed by atoms with Gasteiger partial charge in [0.05, 0.1) is 38.1 Å². The maximum atomic E-state index is 6.58. The molecule has 0 aliphatic carbocycles. The lowest BCUT2D eigenvalue weighted by molar-refractivity contribution is -0.0226. The van der Waals surface area contributed by atoms with Crippen molar-refractivity contribution in [3.63, 3.8) is 0 Å². The molecular formula is C25H25N3O4. The minimum absolute atomic E-state index is 0.00438. The molecule has 2 atom stereocenters. The van der Waals surface area contributed by atoms with E-state index in [1.54, 1.807) is 20.4 Å². The van der Waals surface area contributed by atoms with Gasteiger partial charge in [0, 0.05) is 29.9 Å². The van der Waals surface area contributed by atoms with Crippen molar-refractivity contribution in [2.24, 2.45) is 5.10 Å². The third-order valence-electron chi connectivity index (χ3n) is 5.77. The molecule has 2 aliphatic heterocycles. The fourth-order valence-electron chi connectivity index (χ4n) is 4.37. The molecule has 164 valence electrons. The molecule has 0 spiro atoms. The maximum absolute atomic E-state index is 6.58. The van der Waals surface area contributed by atoms with Crippen LogP contribution >= 0.6 is 0 Å². The highest BCUT2D eigenvalue weighted by molar-refractivity contribution is 6.01. The Morgan fingerprint density at radius 2 is 1.81 bits per heavy atom. The molecule has 0 saturated carbocycles. The van der Waals surface area contributed by atoms with Gasteiger partial charge in [-0.15, -0.1) is 0 Å². The highest BCUT2D eigenvalue weighted by Gasteiger charge is 2.43. The zero-order chi connectivity index (χ0) is 22.1. The number of hydrazone groups is 1. The number of rotatable bonds is 6. The van der Waals surface area contributed by atoms with Crippen molar-refractivity contribution in [3.8, 4) is 23.0 Å². The van der Waals surface area contributed by atoms with Crippen molar-refractivity contribution in [1.82, 2.24) is 9.99 Å². The van der Waals surface area contributed by atoms with Crippen LogP contribution in [0.4, 0.5) is 0 Å². The minimum atomic E-state index is -0.506. The number of aromatic nitrogens is 1. The van der Waals surface area contributed by atoms with Crippen LogP contribution in [0.2, 0.25) is 0 Å². The number of para-hydroxylation sites is 2. The summed E-state index contributed by atoms with van der Waals surface area (Å²) in [6.07, 6.45) is 3.84. The summed E-state index contributed by atoms with van der Waals surface area (Å²) in [4.78, 5) is 4.27. The molecule has 0 unspecified atom stereocenters. The predicted molar refractivity (Wildman–Crippen MR) is 120 cm³/mol. The number of nitrogens with zero attached hydrogens (tertiary/aromatic N) is 3. The van der Waals surface area contributed by atoms with Crippen molar-refractivity contribution >= 4 is 5.71 Å². The summed E-state index contributed by atoms with van der Waals surface area (Å²) >= 11 is 0. The summed E-state index contributed by atoms with van der Waals surface area (Å²) in [5.41, 5.74) is 3.86. The van der Waals surface area contributed by atoms with Gasteiger partial charge in [0.25, 0.3) is 0 Å².